The molecule has 1 fully saturated rings. The van der Waals surface area contributed by atoms with Crippen LogP contribution < -0.4 is 0 Å². The fourth-order valence-electron chi connectivity index (χ4n) is 1.54. The summed E-state index contributed by atoms with van der Waals surface area (Å²) in [5.41, 5.74) is 0. The second kappa shape index (κ2) is 2.80. The summed E-state index contributed by atoms with van der Waals surface area (Å²) in [6, 6.07) is 0. The van der Waals surface area contributed by atoms with Crippen LogP contribution in [0.1, 0.15) is 5.82 Å². The molecule has 1 aromatic rings. The van der Waals surface area contributed by atoms with Crippen molar-refractivity contribution in [2.75, 3.05) is 11.5 Å². The molecule has 5 nitrogen and oxygen atoms in total. The Balaban J connectivity index is 1.98. The Morgan fingerprint density at radius 3 is 2.77 bits per heavy atom. The highest BCUT2D eigenvalue weighted by molar-refractivity contribution is 7.92. The summed E-state index contributed by atoms with van der Waals surface area (Å²) in [5.74, 6) is 1.72. The molecule has 2 heterocycles. The Hall–Kier alpha value is -0.910. The summed E-state index contributed by atoms with van der Waals surface area (Å²) in [7, 11) is -0.841. The standard InChI is InChI=1S/C7H11N3O2S/c1-10-5-8-9-7(10)2-6-3-13(11,12)4-6/h5-6H,2-4H2,1H3. The zero-order chi connectivity index (χ0) is 9.47. The average Bonchev–Trinajstić information content (AvgIpc) is 2.33. The fourth-order valence-corrected chi connectivity index (χ4v) is 3.11. The van der Waals surface area contributed by atoms with Crippen LogP contribution in [0.5, 0.6) is 0 Å². The van der Waals surface area contributed by atoms with Gasteiger partial charge in [0.05, 0.1) is 11.5 Å². The Morgan fingerprint density at radius 1 is 1.62 bits per heavy atom. The van der Waals surface area contributed by atoms with Gasteiger partial charge in [0, 0.05) is 13.5 Å². The van der Waals surface area contributed by atoms with E-state index in [-0.39, 0.29) is 5.92 Å². The molecule has 0 unspecified atom stereocenters. The maximum atomic E-state index is 10.9. The molecule has 0 radical (unpaired) electrons. The summed E-state index contributed by atoms with van der Waals surface area (Å²) >= 11 is 0. The molecule has 0 atom stereocenters. The molecule has 13 heavy (non-hydrogen) atoms. The first-order valence-electron chi connectivity index (χ1n) is 4.10. The molecule has 1 aliphatic heterocycles. The van der Waals surface area contributed by atoms with E-state index in [9.17, 15) is 8.42 Å². The first-order valence-corrected chi connectivity index (χ1v) is 5.92. The van der Waals surface area contributed by atoms with Crippen molar-refractivity contribution >= 4 is 9.84 Å². The van der Waals surface area contributed by atoms with Gasteiger partial charge in [0.2, 0.25) is 0 Å². The molecular formula is C7H11N3O2S. The van der Waals surface area contributed by atoms with E-state index in [1.807, 2.05) is 11.6 Å². The molecule has 0 saturated carbocycles. The van der Waals surface area contributed by atoms with E-state index >= 15 is 0 Å². The highest BCUT2D eigenvalue weighted by Crippen LogP contribution is 2.21. The average molecular weight is 201 g/mol. The quantitative estimate of drug-likeness (QED) is 0.641. The summed E-state index contributed by atoms with van der Waals surface area (Å²) in [6.45, 7) is 0. The lowest BCUT2D eigenvalue weighted by atomic mass is 10.1. The lowest BCUT2D eigenvalue weighted by Gasteiger charge is -2.24. The van der Waals surface area contributed by atoms with Crippen LogP contribution in [0.3, 0.4) is 0 Å². The van der Waals surface area contributed by atoms with Crippen LogP contribution in [0.2, 0.25) is 0 Å². The third-order valence-corrected chi connectivity index (χ3v) is 4.21. The Bertz CT molecular complexity index is 397. The maximum absolute atomic E-state index is 10.9. The Kier molecular flexibility index (Phi) is 1.87. The van der Waals surface area contributed by atoms with E-state index in [0.29, 0.717) is 11.5 Å². The SMILES string of the molecule is Cn1cnnc1CC1CS(=O)(=O)C1. The molecule has 0 bridgehead atoms. The third kappa shape index (κ3) is 1.72. The second-order valence-electron chi connectivity index (χ2n) is 3.51. The largest absolute Gasteiger partial charge is 0.321 e. The number of sulfone groups is 1. The van der Waals surface area contributed by atoms with Crippen molar-refractivity contribution in [1.29, 1.82) is 0 Å². The molecule has 1 aliphatic rings. The smallest absolute Gasteiger partial charge is 0.150 e. The van der Waals surface area contributed by atoms with Gasteiger partial charge in [0.1, 0.15) is 12.2 Å². The Labute approximate surface area is 76.7 Å². The molecule has 2 rings (SSSR count). The lowest BCUT2D eigenvalue weighted by Crippen LogP contribution is -2.38. The molecule has 0 aromatic carbocycles. The summed E-state index contributed by atoms with van der Waals surface area (Å²) in [6.07, 6.45) is 2.35. The molecule has 1 saturated heterocycles. The van der Waals surface area contributed by atoms with E-state index in [1.165, 1.54) is 0 Å². The number of aromatic nitrogens is 3. The molecular weight excluding hydrogens is 190 g/mol. The van der Waals surface area contributed by atoms with Crippen molar-refractivity contribution in [1.82, 2.24) is 14.8 Å². The first kappa shape index (κ1) is 8.68. The van der Waals surface area contributed by atoms with Gasteiger partial charge in [-0.2, -0.15) is 0 Å². The van der Waals surface area contributed by atoms with Crippen LogP contribution >= 0.6 is 0 Å². The van der Waals surface area contributed by atoms with Crippen molar-refractivity contribution in [3.8, 4) is 0 Å². The zero-order valence-corrected chi connectivity index (χ0v) is 8.16. The molecule has 0 aliphatic carbocycles. The van der Waals surface area contributed by atoms with Gasteiger partial charge in [-0.3, -0.25) is 0 Å². The number of aryl methyl sites for hydroxylation is 1. The number of rotatable bonds is 2. The van der Waals surface area contributed by atoms with Gasteiger partial charge >= 0.3 is 0 Å². The molecule has 0 N–H and O–H groups in total. The first-order chi connectivity index (χ1) is 6.07. The van der Waals surface area contributed by atoms with Gasteiger partial charge < -0.3 is 4.57 Å². The van der Waals surface area contributed by atoms with E-state index < -0.39 is 9.84 Å². The zero-order valence-electron chi connectivity index (χ0n) is 7.34. The van der Waals surface area contributed by atoms with Crippen LogP contribution in [-0.4, -0.2) is 34.7 Å². The predicted octanol–water partition coefficient (Wildman–Crippen LogP) is -0.598. The minimum atomic E-state index is -2.70. The van der Waals surface area contributed by atoms with Crippen LogP contribution in [0.25, 0.3) is 0 Å². The fraction of sp³-hybridized carbons (Fsp3) is 0.714. The highest BCUT2D eigenvalue weighted by Gasteiger charge is 2.33. The van der Waals surface area contributed by atoms with E-state index in [0.717, 1.165) is 12.2 Å². The van der Waals surface area contributed by atoms with Gasteiger partial charge in [0.15, 0.2) is 9.84 Å². The van der Waals surface area contributed by atoms with Gasteiger partial charge in [-0.25, -0.2) is 8.42 Å². The van der Waals surface area contributed by atoms with Gasteiger partial charge in [-0.05, 0) is 5.92 Å². The van der Waals surface area contributed by atoms with Gasteiger partial charge in [0.25, 0.3) is 0 Å². The lowest BCUT2D eigenvalue weighted by molar-refractivity contribution is 0.507. The minimum absolute atomic E-state index is 0.243. The van der Waals surface area contributed by atoms with Crippen LogP contribution in [0.15, 0.2) is 6.33 Å². The number of hydrogen-bond donors (Lipinski definition) is 0. The molecule has 1 aromatic heterocycles. The van der Waals surface area contributed by atoms with E-state index in [1.54, 1.807) is 6.33 Å². The van der Waals surface area contributed by atoms with E-state index in [2.05, 4.69) is 10.2 Å². The summed E-state index contributed by atoms with van der Waals surface area (Å²) < 4.78 is 23.6. The molecule has 0 amide bonds. The number of nitrogens with zero attached hydrogens (tertiary/aromatic N) is 3. The van der Waals surface area contributed by atoms with Crippen molar-refractivity contribution < 1.29 is 8.42 Å². The predicted molar refractivity (Wildman–Crippen MR) is 46.9 cm³/mol. The second-order valence-corrected chi connectivity index (χ2v) is 5.66. The third-order valence-electron chi connectivity index (χ3n) is 2.26. The number of hydrogen-bond acceptors (Lipinski definition) is 4. The van der Waals surface area contributed by atoms with Crippen molar-refractivity contribution in [2.24, 2.45) is 13.0 Å². The molecule has 0 spiro atoms. The molecule has 6 heteroatoms. The van der Waals surface area contributed by atoms with E-state index in [4.69, 9.17) is 0 Å². The van der Waals surface area contributed by atoms with Gasteiger partial charge in [-0.15, -0.1) is 10.2 Å². The van der Waals surface area contributed by atoms with Crippen molar-refractivity contribution in [2.45, 2.75) is 6.42 Å². The van der Waals surface area contributed by atoms with Crippen LogP contribution in [0.4, 0.5) is 0 Å². The minimum Gasteiger partial charge on any atom is -0.321 e. The summed E-state index contributed by atoms with van der Waals surface area (Å²) in [5, 5.41) is 7.64. The topological polar surface area (TPSA) is 64.8 Å². The monoisotopic (exact) mass is 201 g/mol. The highest BCUT2D eigenvalue weighted by atomic mass is 32.2. The van der Waals surface area contributed by atoms with Crippen molar-refractivity contribution in [3.05, 3.63) is 12.2 Å². The maximum Gasteiger partial charge on any atom is 0.150 e. The Morgan fingerprint density at radius 2 is 2.31 bits per heavy atom. The molecule has 72 valence electrons. The van der Waals surface area contributed by atoms with Crippen LogP contribution in [0, 0.1) is 5.92 Å². The van der Waals surface area contributed by atoms with Gasteiger partial charge in [-0.1, -0.05) is 0 Å². The van der Waals surface area contributed by atoms with Crippen LogP contribution in [-0.2, 0) is 23.3 Å². The summed E-state index contributed by atoms with van der Waals surface area (Å²) in [4.78, 5) is 0. The normalized spacial score (nSPS) is 21.3. The van der Waals surface area contributed by atoms with Crippen molar-refractivity contribution in [3.63, 3.8) is 0 Å².